The van der Waals surface area contributed by atoms with Crippen LogP contribution in [0.15, 0.2) is 36.5 Å². The lowest BCUT2D eigenvalue weighted by atomic mass is 10.1. The Morgan fingerprint density at radius 3 is 2.35 bits per heavy atom. The number of aryl methyl sites for hydroxylation is 1. The summed E-state index contributed by atoms with van der Waals surface area (Å²) in [6.45, 7) is 8.65. The molecule has 0 saturated carbocycles. The number of hydrogen-bond acceptors (Lipinski definition) is 4. The molecule has 1 saturated heterocycles. The van der Waals surface area contributed by atoms with Crippen LogP contribution in [0, 0.1) is 5.82 Å². The first-order chi connectivity index (χ1) is 15.1. The van der Waals surface area contributed by atoms with Crippen molar-refractivity contribution in [2.24, 2.45) is 0 Å². The Morgan fingerprint density at radius 2 is 1.65 bits per heavy atom. The van der Waals surface area contributed by atoms with Gasteiger partial charge in [0, 0.05) is 69.7 Å². The molecule has 1 aromatic heterocycles. The number of piperazine rings is 1. The van der Waals surface area contributed by atoms with E-state index in [0.29, 0.717) is 30.8 Å². The van der Waals surface area contributed by atoms with Gasteiger partial charge in [0.1, 0.15) is 11.5 Å². The lowest BCUT2D eigenvalue weighted by Crippen LogP contribution is -2.47. The highest BCUT2D eigenvalue weighted by molar-refractivity contribution is 6.09. The minimum atomic E-state index is -0.207. The number of anilines is 1. The molecule has 4 rings (SSSR count). The Bertz CT molecular complexity index is 916. The van der Waals surface area contributed by atoms with Gasteiger partial charge in [-0.25, -0.2) is 4.39 Å². The fraction of sp³-hybridized carbons (Fsp3) is 0.500. The quantitative estimate of drug-likeness (QED) is 0.682. The number of rotatable bonds is 7. The van der Waals surface area contributed by atoms with Crippen molar-refractivity contribution in [3.8, 4) is 0 Å². The second kappa shape index (κ2) is 9.64. The molecule has 7 heteroatoms. The molecule has 0 unspecified atom stereocenters. The van der Waals surface area contributed by atoms with Gasteiger partial charge in [0.25, 0.3) is 5.91 Å². The van der Waals surface area contributed by atoms with Crippen LogP contribution in [0.25, 0.3) is 0 Å². The van der Waals surface area contributed by atoms with Crippen molar-refractivity contribution in [3.05, 3.63) is 53.6 Å². The largest absolute Gasteiger partial charge is 0.369 e. The lowest BCUT2D eigenvalue weighted by Gasteiger charge is -2.36. The lowest BCUT2D eigenvalue weighted by molar-refractivity contribution is 0.0739. The summed E-state index contributed by atoms with van der Waals surface area (Å²) in [6, 6.07) is 8.48. The van der Waals surface area contributed by atoms with Crippen molar-refractivity contribution >= 4 is 17.4 Å². The SMILES string of the molecule is CCCn1ccc2c1C(=O)N(CCCN1CCN(c3ccc(F)cc3)CC1)CCC2=O. The van der Waals surface area contributed by atoms with Crippen LogP contribution in [0.4, 0.5) is 10.1 Å². The molecule has 1 amide bonds. The molecule has 0 aliphatic carbocycles. The maximum atomic E-state index is 13.2. The van der Waals surface area contributed by atoms with Gasteiger partial charge in [0.15, 0.2) is 5.78 Å². The molecule has 31 heavy (non-hydrogen) atoms. The second-order valence-electron chi connectivity index (χ2n) is 8.40. The number of halogens is 1. The van der Waals surface area contributed by atoms with Crippen LogP contribution in [0.2, 0.25) is 0 Å². The van der Waals surface area contributed by atoms with E-state index in [4.69, 9.17) is 0 Å². The Morgan fingerprint density at radius 1 is 0.903 bits per heavy atom. The fourth-order valence-electron chi connectivity index (χ4n) is 4.57. The molecule has 0 atom stereocenters. The van der Waals surface area contributed by atoms with Crippen molar-refractivity contribution in [1.82, 2.24) is 14.4 Å². The van der Waals surface area contributed by atoms with Crippen molar-refractivity contribution in [2.45, 2.75) is 32.7 Å². The molecule has 0 N–H and O–H groups in total. The molecule has 2 aliphatic heterocycles. The predicted molar refractivity (Wildman–Crippen MR) is 119 cm³/mol. The maximum Gasteiger partial charge on any atom is 0.271 e. The van der Waals surface area contributed by atoms with Crippen molar-refractivity contribution in [3.63, 3.8) is 0 Å². The van der Waals surface area contributed by atoms with E-state index in [-0.39, 0.29) is 17.5 Å². The Balaban J connectivity index is 1.29. The van der Waals surface area contributed by atoms with E-state index in [1.54, 1.807) is 6.07 Å². The van der Waals surface area contributed by atoms with E-state index in [0.717, 1.165) is 57.8 Å². The number of amides is 1. The van der Waals surface area contributed by atoms with Crippen LogP contribution in [0.1, 0.15) is 47.0 Å². The van der Waals surface area contributed by atoms with Gasteiger partial charge in [0.2, 0.25) is 0 Å². The molecule has 166 valence electrons. The van der Waals surface area contributed by atoms with Crippen LogP contribution < -0.4 is 4.90 Å². The minimum Gasteiger partial charge on any atom is -0.369 e. The van der Waals surface area contributed by atoms with E-state index < -0.39 is 0 Å². The average Bonchev–Trinajstić information content (AvgIpc) is 3.15. The van der Waals surface area contributed by atoms with Gasteiger partial charge in [-0.3, -0.25) is 14.5 Å². The first-order valence-electron chi connectivity index (χ1n) is 11.3. The highest BCUT2D eigenvalue weighted by atomic mass is 19.1. The third kappa shape index (κ3) is 4.82. The zero-order chi connectivity index (χ0) is 21.8. The van der Waals surface area contributed by atoms with Crippen molar-refractivity contribution < 1.29 is 14.0 Å². The number of aromatic nitrogens is 1. The van der Waals surface area contributed by atoms with Crippen molar-refractivity contribution in [1.29, 1.82) is 0 Å². The highest BCUT2D eigenvalue weighted by Crippen LogP contribution is 2.21. The molecule has 1 fully saturated rings. The summed E-state index contributed by atoms with van der Waals surface area (Å²) in [5.74, 6) is -0.153. The summed E-state index contributed by atoms with van der Waals surface area (Å²) >= 11 is 0. The molecule has 2 aliphatic rings. The number of hydrogen-bond donors (Lipinski definition) is 0. The van der Waals surface area contributed by atoms with Gasteiger partial charge in [-0.1, -0.05) is 6.92 Å². The smallest absolute Gasteiger partial charge is 0.271 e. The normalized spacial score (nSPS) is 17.7. The van der Waals surface area contributed by atoms with Gasteiger partial charge in [0.05, 0.1) is 0 Å². The van der Waals surface area contributed by atoms with E-state index in [1.807, 2.05) is 27.8 Å². The molecule has 1 aromatic carbocycles. The number of carbonyl (C=O) groups is 2. The summed E-state index contributed by atoms with van der Waals surface area (Å²) < 4.78 is 15.1. The molecule has 0 radical (unpaired) electrons. The van der Waals surface area contributed by atoms with Crippen LogP contribution in [-0.2, 0) is 6.54 Å². The molecular weight excluding hydrogens is 395 g/mol. The summed E-state index contributed by atoms with van der Waals surface area (Å²) in [5.41, 5.74) is 2.21. The number of fused-ring (bicyclic) bond motifs is 1. The third-order valence-corrected chi connectivity index (χ3v) is 6.29. The number of carbonyl (C=O) groups excluding carboxylic acids is 2. The van der Waals surface area contributed by atoms with Gasteiger partial charge in [-0.05, 0) is 49.7 Å². The third-order valence-electron chi connectivity index (χ3n) is 6.29. The summed E-state index contributed by atoms with van der Waals surface area (Å²) in [4.78, 5) is 32.2. The standard InChI is InChI=1S/C24H31FN4O2/c1-2-10-28-13-8-21-22(30)9-14-29(24(31)23(21)28)12-3-11-26-15-17-27(18-16-26)20-6-4-19(25)5-7-20/h4-8,13H,2-3,9-12,14-18H2,1H3. The van der Waals surface area contributed by atoms with Crippen LogP contribution in [0.3, 0.4) is 0 Å². The first-order valence-corrected chi connectivity index (χ1v) is 11.3. The zero-order valence-electron chi connectivity index (χ0n) is 18.2. The monoisotopic (exact) mass is 426 g/mol. The topological polar surface area (TPSA) is 48.8 Å². The Kier molecular flexibility index (Phi) is 6.70. The van der Waals surface area contributed by atoms with E-state index >= 15 is 0 Å². The van der Waals surface area contributed by atoms with Gasteiger partial charge >= 0.3 is 0 Å². The summed E-state index contributed by atoms with van der Waals surface area (Å²) in [5, 5.41) is 0. The molecule has 0 spiro atoms. The van der Waals surface area contributed by atoms with Gasteiger partial charge in [-0.2, -0.15) is 0 Å². The van der Waals surface area contributed by atoms with E-state index in [9.17, 15) is 14.0 Å². The maximum absolute atomic E-state index is 13.2. The zero-order valence-corrected chi connectivity index (χ0v) is 18.2. The van der Waals surface area contributed by atoms with Gasteiger partial charge in [-0.15, -0.1) is 0 Å². The minimum absolute atomic E-state index is 0.0135. The average molecular weight is 427 g/mol. The highest BCUT2D eigenvalue weighted by Gasteiger charge is 2.29. The predicted octanol–water partition coefficient (Wildman–Crippen LogP) is 3.28. The van der Waals surface area contributed by atoms with E-state index in [1.165, 1.54) is 12.1 Å². The van der Waals surface area contributed by atoms with Crippen molar-refractivity contribution in [2.75, 3.05) is 50.7 Å². The molecule has 0 bridgehead atoms. The second-order valence-corrected chi connectivity index (χ2v) is 8.40. The molecular formula is C24H31FN4O2. The molecule has 3 heterocycles. The number of benzene rings is 1. The fourth-order valence-corrected chi connectivity index (χ4v) is 4.57. The Labute approximate surface area is 183 Å². The van der Waals surface area contributed by atoms with Crippen LogP contribution in [-0.4, -0.2) is 71.9 Å². The van der Waals surface area contributed by atoms with Crippen LogP contribution >= 0.6 is 0 Å². The van der Waals surface area contributed by atoms with Gasteiger partial charge < -0.3 is 14.4 Å². The molecule has 2 aromatic rings. The van der Waals surface area contributed by atoms with Crippen LogP contribution in [0.5, 0.6) is 0 Å². The first kappa shape index (κ1) is 21.6. The molecule has 6 nitrogen and oxygen atoms in total. The summed E-state index contributed by atoms with van der Waals surface area (Å²) in [7, 11) is 0. The number of Topliss-reactive ketones (excluding diaryl/α,β-unsaturated/α-hetero) is 1. The Hall–Kier alpha value is -2.67. The summed E-state index contributed by atoms with van der Waals surface area (Å²) in [6.07, 6.45) is 4.08. The number of ketones is 1. The van der Waals surface area contributed by atoms with E-state index in [2.05, 4.69) is 16.7 Å². The number of nitrogens with zero attached hydrogens (tertiary/aromatic N) is 4.